The average Bonchev–Trinajstić information content (AvgIpc) is 2.89. The fourth-order valence-electron chi connectivity index (χ4n) is 1.97. The van der Waals surface area contributed by atoms with E-state index in [1.54, 1.807) is 44.2 Å². The summed E-state index contributed by atoms with van der Waals surface area (Å²) in [5.41, 5.74) is 0.126. The van der Waals surface area contributed by atoms with Crippen LogP contribution in [-0.2, 0) is 5.60 Å². The van der Waals surface area contributed by atoms with Gasteiger partial charge in [-0.25, -0.2) is 4.79 Å². The minimum atomic E-state index is -1.28. The fourth-order valence-corrected chi connectivity index (χ4v) is 2.15. The molecule has 1 unspecified atom stereocenters. The van der Waals surface area contributed by atoms with Crippen LogP contribution < -0.4 is 10.6 Å². The lowest BCUT2D eigenvalue weighted by Gasteiger charge is -2.21. The molecule has 0 spiro atoms. The molecule has 1 aromatic heterocycles. The van der Waals surface area contributed by atoms with Crippen LogP contribution in [0.2, 0.25) is 5.02 Å². The van der Waals surface area contributed by atoms with Gasteiger partial charge in [-0.2, -0.15) is 0 Å². The molecule has 0 saturated carbocycles. The predicted molar refractivity (Wildman–Crippen MR) is 86.2 cm³/mol. The Labute approximate surface area is 134 Å². The van der Waals surface area contributed by atoms with Crippen molar-refractivity contribution in [3.05, 3.63) is 52.4 Å². The topological polar surface area (TPSA) is 74.5 Å². The molecular formula is C16H19ClN2O3. The summed E-state index contributed by atoms with van der Waals surface area (Å²) in [4.78, 5) is 12.0. The molecule has 0 aliphatic carbocycles. The molecule has 1 aromatic carbocycles. The number of furan rings is 1. The summed E-state index contributed by atoms with van der Waals surface area (Å²) >= 11 is 6.01. The van der Waals surface area contributed by atoms with Gasteiger partial charge in [0.25, 0.3) is 0 Å². The van der Waals surface area contributed by atoms with E-state index in [1.807, 2.05) is 6.92 Å². The van der Waals surface area contributed by atoms with Crippen LogP contribution in [0.5, 0.6) is 0 Å². The number of urea groups is 1. The van der Waals surface area contributed by atoms with E-state index < -0.39 is 11.6 Å². The first-order chi connectivity index (χ1) is 10.3. The van der Waals surface area contributed by atoms with E-state index in [0.29, 0.717) is 22.2 Å². The molecule has 118 valence electrons. The lowest BCUT2D eigenvalue weighted by molar-refractivity contribution is 0.0364. The third-order valence-corrected chi connectivity index (χ3v) is 3.79. The molecule has 0 aliphatic rings. The lowest BCUT2D eigenvalue weighted by atomic mass is 10.0. The van der Waals surface area contributed by atoms with Gasteiger partial charge >= 0.3 is 6.03 Å². The van der Waals surface area contributed by atoms with E-state index >= 15 is 0 Å². The summed E-state index contributed by atoms with van der Waals surface area (Å²) in [7, 11) is 0. The molecule has 0 radical (unpaired) electrons. The number of aryl methyl sites for hydroxylation is 1. The SMILES string of the molecule is Cc1ccc(C(C)(O)CNC(=O)Nc2cccc(Cl)c2C)o1. The molecule has 1 heterocycles. The van der Waals surface area contributed by atoms with E-state index in [1.165, 1.54) is 0 Å². The monoisotopic (exact) mass is 322 g/mol. The maximum absolute atomic E-state index is 12.0. The second-order valence-electron chi connectivity index (χ2n) is 5.40. The Morgan fingerprint density at radius 2 is 2.05 bits per heavy atom. The van der Waals surface area contributed by atoms with Crippen molar-refractivity contribution in [1.29, 1.82) is 0 Å². The molecule has 6 heteroatoms. The van der Waals surface area contributed by atoms with Crippen molar-refractivity contribution in [1.82, 2.24) is 5.32 Å². The molecular weight excluding hydrogens is 304 g/mol. The number of aliphatic hydroxyl groups is 1. The quantitative estimate of drug-likeness (QED) is 0.805. The molecule has 3 N–H and O–H groups in total. The zero-order valence-electron chi connectivity index (χ0n) is 12.7. The number of amides is 2. The maximum Gasteiger partial charge on any atom is 0.319 e. The summed E-state index contributed by atoms with van der Waals surface area (Å²) < 4.78 is 5.39. The molecule has 5 nitrogen and oxygen atoms in total. The predicted octanol–water partition coefficient (Wildman–Crippen LogP) is 3.58. The van der Waals surface area contributed by atoms with Gasteiger partial charge < -0.3 is 20.2 Å². The van der Waals surface area contributed by atoms with Gasteiger partial charge in [-0.1, -0.05) is 17.7 Å². The van der Waals surface area contributed by atoms with Crippen LogP contribution in [-0.4, -0.2) is 17.7 Å². The molecule has 2 aromatic rings. The minimum absolute atomic E-state index is 0.0192. The summed E-state index contributed by atoms with van der Waals surface area (Å²) in [6.45, 7) is 5.21. The van der Waals surface area contributed by atoms with Gasteiger partial charge in [0.1, 0.15) is 17.1 Å². The first-order valence-electron chi connectivity index (χ1n) is 6.89. The summed E-state index contributed by atoms with van der Waals surface area (Å²) in [6.07, 6.45) is 0. The first-order valence-corrected chi connectivity index (χ1v) is 7.26. The van der Waals surface area contributed by atoms with Gasteiger partial charge in [-0.05, 0) is 50.6 Å². The van der Waals surface area contributed by atoms with Crippen LogP contribution in [0, 0.1) is 13.8 Å². The summed E-state index contributed by atoms with van der Waals surface area (Å²) in [5.74, 6) is 1.11. The van der Waals surface area contributed by atoms with E-state index in [4.69, 9.17) is 16.0 Å². The van der Waals surface area contributed by atoms with Crippen molar-refractivity contribution in [2.75, 3.05) is 11.9 Å². The molecule has 1 atom stereocenters. The van der Waals surface area contributed by atoms with E-state index in [-0.39, 0.29) is 6.54 Å². The third kappa shape index (κ3) is 3.81. The highest BCUT2D eigenvalue weighted by Crippen LogP contribution is 2.24. The molecule has 0 fully saturated rings. The number of carbonyl (C=O) groups is 1. The number of hydrogen-bond donors (Lipinski definition) is 3. The Kier molecular flexibility index (Phi) is 4.78. The molecule has 22 heavy (non-hydrogen) atoms. The number of halogens is 1. The van der Waals surface area contributed by atoms with Gasteiger partial charge in [0.2, 0.25) is 0 Å². The van der Waals surface area contributed by atoms with Crippen LogP contribution in [0.1, 0.15) is 24.0 Å². The van der Waals surface area contributed by atoms with Gasteiger partial charge in [0.15, 0.2) is 0 Å². The second-order valence-corrected chi connectivity index (χ2v) is 5.81. The third-order valence-electron chi connectivity index (χ3n) is 3.38. The van der Waals surface area contributed by atoms with E-state index in [0.717, 1.165) is 5.56 Å². The Bertz CT molecular complexity index is 680. The zero-order chi connectivity index (χ0) is 16.3. The Balaban J connectivity index is 1.96. The standard InChI is InChI=1S/C16H19ClN2O3/c1-10-7-8-14(22-10)16(3,21)9-18-15(20)19-13-6-4-5-12(17)11(13)2/h4-8,21H,9H2,1-3H3,(H2,18,19,20). The molecule has 0 saturated heterocycles. The maximum atomic E-state index is 12.0. The van der Waals surface area contributed by atoms with Gasteiger partial charge in [0, 0.05) is 10.7 Å². The lowest BCUT2D eigenvalue weighted by Crippen LogP contribution is -2.40. The molecule has 2 amide bonds. The van der Waals surface area contributed by atoms with Crippen molar-refractivity contribution in [2.45, 2.75) is 26.4 Å². The number of carbonyl (C=O) groups excluding carboxylic acids is 1. The van der Waals surface area contributed by atoms with Crippen LogP contribution in [0.15, 0.2) is 34.7 Å². The van der Waals surface area contributed by atoms with E-state index in [9.17, 15) is 9.90 Å². The number of hydrogen-bond acceptors (Lipinski definition) is 3. The van der Waals surface area contributed by atoms with E-state index in [2.05, 4.69) is 10.6 Å². The fraction of sp³-hybridized carbons (Fsp3) is 0.312. The minimum Gasteiger partial charge on any atom is -0.463 e. The van der Waals surface area contributed by atoms with Crippen LogP contribution in [0.4, 0.5) is 10.5 Å². The highest BCUT2D eigenvalue weighted by Gasteiger charge is 2.27. The van der Waals surface area contributed by atoms with Crippen LogP contribution in [0.3, 0.4) is 0 Å². The number of benzene rings is 1. The highest BCUT2D eigenvalue weighted by atomic mass is 35.5. The normalized spacial score (nSPS) is 13.5. The smallest absolute Gasteiger partial charge is 0.319 e. The van der Waals surface area contributed by atoms with Crippen LogP contribution in [0.25, 0.3) is 0 Å². The highest BCUT2D eigenvalue weighted by molar-refractivity contribution is 6.31. The largest absolute Gasteiger partial charge is 0.463 e. The molecule has 0 bridgehead atoms. The van der Waals surface area contributed by atoms with Crippen LogP contribution >= 0.6 is 11.6 Å². The summed E-state index contributed by atoms with van der Waals surface area (Å²) in [6, 6.07) is 8.30. The number of anilines is 1. The van der Waals surface area contributed by atoms with Gasteiger partial charge in [-0.3, -0.25) is 0 Å². The van der Waals surface area contributed by atoms with Gasteiger partial charge in [0.05, 0.1) is 6.54 Å². The van der Waals surface area contributed by atoms with Crippen molar-refractivity contribution in [3.8, 4) is 0 Å². The van der Waals surface area contributed by atoms with Crippen molar-refractivity contribution < 1.29 is 14.3 Å². The van der Waals surface area contributed by atoms with Crippen molar-refractivity contribution >= 4 is 23.3 Å². The number of nitrogens with one attached hydrogen (secondary N) is 2. The second kappa shape index (κ2) is 6.42. The first kappa shape index (κ1) is 16.4. The Hall–Kier alpha value is -1.98. The Morgan fingerprint density at radius 3 is 2.68 bits per heavy atom. The summed E-state index contributed by atoms with van der Waals surface area (Å²) in [5, 5.41) is 16.3. The zero-order valence-corrected chi connectivity index (χ0v) is 13.5. The molecule has 2 rings (SSSR count). The van der Waals surface area contributed by atoms with Gasteiger partial charge in [-0.15, -0.1) is 0 Å². The van der Waals surface area contributed by atoms with Crippen molar-refractivity contribution in [3.63, 3.8) is 0 Å². The number of rotatable bonds is 4. The van der Waals surface area contributed by atoms with Crippen molar-refractivity contribution in [2.24, 2.45) is 0 Å². The molecule has 0 aliphatic heterocycles. The average molecular weight is 323 g/mol. The Morgan fingerprint density at radius 1 is 1.32 bits per heavy atom.